The Morgan fingerprint density at radius 1 is 1.16 bits per heavy atom. The van der Waals surface area contributed by atoms with Crippen molar-refractivity contribution >= 4 is 29.5 Å². The largest absolute Gasteiger partial charge is 0.491 e. The molecule has 0 saturated heterocycles. The standard InChI is InChI=1S/C27H30N6O4/c1-27(2,36)16-37-19-10-11-21(20(13-19)25(34)28-3)33-26(35)23-24(30-15-22(32-23)17-8-9-17)31-18-7-5-4-6-12-29-14-18/h4-7,10-15,17,36H,8-9,16H2,1-3H3,(H,28,34)(H,30,31)(H,33,35)/b5-4+,6-4?,7-5?,12-6+,18-7+,18-14?,29-12?,29-14-. The quantitative estimate of drug-likeness (QED) is 0.411. The van der Waals surface area contributed by atoms with Gasteiger partial charge in [-0.2, -0.15) is 0 Å². The second-order valence-electron chi connectivity index (χ2n) is 9.36. The lowest BCUT2D eigenvalue weighted by Crippen LogP contribution is -2.28. The summed E-state index contributed by atoms with van der Waals surface area (Å²) in [6.07, 6.45) is 14.2. The molecule has 1 aromatic carbocycles. The minimum absolute atomic E-state index is 0.0363. The first-order valence-corrected chi connectivity index (χ1v) is 12.0. The lowest BCUT2D eigenvalue weighted by Gasteiger charge is -2.19. The van der Waals surface area contributed by atoms with Crippen molar-refractivity contribution < 1.29 is 19.4 Å². The molecule has 192 valence electrons. The van der Waals surface area contributed by atoms with E-state index in [1.807, 2.05) is 12.2 Å². The number of carbonyl (C=O) groups is 2. The molecule has 2 aliphatic rings. The molecular weight excluding hydrogens is 472 g/mol. The minimum Gasteiger partial charge on any atom is -0.491 e. The highest BCUT2D eigenvalue weighted by Gasteiger charge is 2.28. The summed E-state index contributed by atoms with van der Waals surface area (Å²) in [4.78, 5) is 39.4. The van der Waals surface area contributed by atoms with Crippen LogP contribution in [0.4, 0.5) is 11.5 Å². The number of hydrogen-bond acceptors (Lipinski definition) is 8. The molecule has 4 rings (SSSR count). The number of aliphatic imine (C=N–C) groups is 1. The van der Waals surface area contributed by atoms with Crippen LogP contribution in [0.25, 0.3) is 0 Å². The number of nitrogens with zero attached hydrogens (tertiary/aromatic N) is 3. The molecule has 1 aliphatic carbocycles. The molecule has 0 atom stereocenters. The fourth-order valence-corrected chi connectivity index (χ4v) is 3.41. The van der Waals surface area contributed by atoms with Crippen molar-refractivity contribution in [3.63, 3.8) is 0 Å². The van der Waals surface area contributed by atoms with E-state index in [1.165, 1.54) is 13.1 Å². The van der Waals surface area contributed by atoms with Gasteiger partial charge in [0.25, 0.3) is 11.8 Å². The summed E-state index contributed by atoms with van der Waals surface area (Å²) in [6, 6.07) is 4.71. The fraction of sp³-hybridized carbons (Fsp3) is 0.296. The maximum absolute atomic E-state index is 13.5. The molecule has 2 heterocycles. The summed E-state index contributed by atoms with van der Waals surface area (Å²) in [5.41, 5.74) is 0.923. The van der Waals surface area contributed by atoms with Gasteiger partial charge in [0, 0.05) is 19.2 Å². The number of allylic oxidation sites excluding steroid dienone is 5. The third kappa shape index (κ3) is 7.11. The zero-order valence-corrected chi connectivity index (χ0v) is 21.0. The zero-order valence-electron chi connectivity index (χ0n) is 21.0. The van der Waals surface area contributed by atoms with Gasteiger partial charge in [-0.25, -0.2) is 9.97 Å². The summed E-state index contributed by atoms with van der Waals surface area (Å²) in [5.74, 6) is 0.0119. The Bertz CT molecular complexity index is 1300. The van der Waals surface area contributed by atoms with Gasteiger partial charge < -0.3 is 25.8 Å². The van der Waals surface area contributed by atoms with Gasteiger partial charge in [0.1, 0.15) is 12.4 Å². The van der Waals surface area contributed by atoms with E-state index in [4.69, 9.17) is 4.74 Å². The van der Waals surface area contributed by atoms with E-state index in [9.17, 15) is 14.7 Å². The highest BCUT2D eigenvalue weighted by Crippen LogP contribution is 2.39. The molecule has 0 spiro atoms. The summed E-state index contributed by atoms with van der Waals surface area (Å²) < 4.78 is 5.62. The summed E-state index contributed by atoms with van der Waals surface area (Å²) in [5, 5.41) is 18.4. The van der Waals surface area contributed by atoms with Gasteiger partial charge in [-0.1, -0.05) is 12.2 Å². The summed E-state index contributed by atoms with van der Waals surface area (Å²) in [7, 11) is 1.50. The van der Waals surface area contributed by atoms with Gasteiger partial charge in [0.15, 0.2) is 11.5 Å². The third-order valence-electron chi connectivity index (χ3n) is 5.45. The topological polar surface area (TPSA) is 138 Å². The maximum Gasteiger partial charge on any atom is 0.278 e. The molecule has 1 saturated carbocycles. The van der Waals surface area contributed by atoms with Crippen LogP contribution < -0.4 is 20.7 Å². The highest BCUT2D eigenvalue weighted by atomic mass is 16.5. The van der Waals surface area contributed by atoms with Gasteiger partial charge >= 0.3 is 0 Å². The van der Waals surface area contributed by atoms with Crippen LogP contribution in [-0.2, 0) is 0 Å². The fourth-order valence-electron chi connectivity index (χ4n) is 3.41. The predicted octanol–water partition coefficient (Wildman–Crippen LogP) is 3.57. The highest BCUT2D eigenvalue weighted by molar-refractivity contribution is 6.10. The minimum atomic E-state index is -1.04. The van der Waals surface area contributed by atoms with Crippen LogP contribution in [0, 0.1) is 0 Å². The normalized spacial score (nSPS) is 18.9. The number of amides is 2. The van der Waals surface area contributed by atoms with Crippen molar-refractivity contribution in [1.29, 1.82) is 0 Å². The molecule has 4 N–H and O–H groups in total. The van der Waals surface area contributed by atoms with E-state index >= 15 is 0 Å². The molecule has 2 aromatic rings. The monoisotopic (exact) mass is 502 g/mol. The molecule has 37 heavy (non-hydrogen) atoms. The van der Waals surface area contributed by atoms with E-state index in [1.54, 1.807) is 56.7 Å². The molecule has 1 aromatic heterocycles. The first-order chi connectivity index (χ1) is 17.7. The van der Waals surface area contributed by atoms with E-state index in [-0.39, 0.29) is 35.3 Å². The van der Waals surface area contributed by atoms with E-state index in [2.05, 4.69) is 30.9 Å². The van der Waals surface area contributed by atoms with Crippen molar-refractivity contribution in [2.45, 2.75) is 38.2 Å². The molecule has 1 fully saturated rings. The summed E-state index contributed by atoms with van der Waals surface area (Å²) >= 11 is 0. The SMILES string of the molecule is CNC(=O)c1cc(OCC(C)(C)O)ccc1NC(=O)c1nc(C2CC2)cnc1NC1=C/C=C/C=C/N=C\1. The Morgan fingerprint density at radius 2 is 1.97 bits per heavy atom. The Morgan fingerprint density at radius 3 is 2.70 bits per heavy atom. The van der Waals surface area contributed by atoms with Crippen LogP contribution in [0.15, 0.2) is 65.6 Å². The number of carbonyl (C=O) groups excluding carboxylic acids is 2. The smallest absolute Gasteiger partial charge is 0.278 e. The molecular formula is C27H30N6O4. The molecule has 1 aliphatic heterocycles. The van der Waals surface area contributed by atoms with Gasteiger partial charge in [-0.3, -0.25) is 14.6 Å². The van der Waals surface area contributed by atoms with Crippen LogP contribution in [0.5, 0.6) is 5.75 Å². The van der Waals surface area contributed by atoms with E-state index in [0.717, 1.165) is 18.5 Å². The third-order valence-corrected chi connectivity index (χ3v) is 5.45. The lowest BCUT2D eigenvalue weighted by molar-refractivity contribution is 0.0285. The molecule has 0 radical (unpaired) electrons. The number of hydrogen-bond donors (Lipinski definition) is 4. The number of rotatable bonds is 9. The Balaban J connectivity index is 1.63. The Kier molecular flexibility index (Phi) is 7.78. The molecule has 2 amide bonds. The van der Waals surface area contributed by atoms with E-state index in [0.29, 0.717) is 11.4 Å². The van der Waals surface area contributed by atoms with Crippen molar-refractivity contribution in [3.05, 3.63) is 77.5 Å². The van der Waals surface area contributed by atoms with Crippen molar-refractivity contribution in [1.82, 2.24) is 15.3 Å². The second-order valence-corrected chi connectivity index (χ2v) is 9.36. The number of ether oxygens (including phenoxy) is 1. The zero-order chi connectivity index (χ0) is 26.4. The van der Waals surface area contributed by atoms with Gasteiger partial charge in [-0.05, 0) is 57.0 Å². The Labute approximate surface area is 215 Å². The first kappa shape index (κ1) is 25.8. The Hall–Kier alpha value is -4.31. The van der Waals surface area contributed by atoms with Crippen LogP contribution in [0.3, 0.4) is 0 Å². The van der Waals surface area contributed by atoms with Crippen LogP contribution in [0.2, 0.25) is 0 Å². The van der Waals surface area contributed by atoms with Crippen molar-refractivity contribution in [2.24, 2.45) is 4.99 Å². The average molecular weight is 503 g/mol. The molecule has 10 nitrogen and oxygen atoms in total. The van der Waals surface area contributed by atoms with Gasteiger partial charge in [-0.15, -0.1) is 0 Å². The van der Waals surface area contributed by atoms with Crippen molar-refractivity contribution in [3.8, 4) is 5.75 Å². The predicted molar refractivity (Wildman–Crippen MR) is 142 cm³/mol. The number of aliphatic hydroxyl groups is 1. The molecule has 0 unspecified atom stereocenters. The van der Waals surface area contributed by atoms with Gasteiger partial charge in [0.05, 0.1) is 40.7 Å². The number of anilines is 2. The number of nitrogens with one attached hydrogen (secondary N) is 3. The van der Waals surface area contributed by atoms with Crippen LogP contribution >= 0.6 is 0 Å². The van der Waals surface area contributed by atoms with E-state index < -0.39 is 17.4 Å². The number of aromatic nitrogens is 2. The maximum atomic E-state index is 13.5. The summed E-state index contributed by atoms with van der Waals surface area (Å²) in [6.45, 7) is 3.28. The van der Waals surface area contributed by atoms with Crippen LogP contribution in [0.1, 0.15) is 59.1 Å². The van der Waals surface area contributed by atoms with Crippen LogP contribution in [-0.4, -0.2) is 52.4 Å². The number of benzene rings is 1. The first-order valence-electron chi connectivity index (χ1n) is 12.0. The molecule has 0 bridgehead atoms. The average Bonchev–Trinajstić information content (AvgIpc) is 3.69. The second kappa shape index (κ2) is 11.2. The lowest BCUT2D eigenvalue weighted by atomic mass is 10.1. The van der Waals surface area contributed by atoms with Crippen molar-refractivity contribution in [2.75, 3.05) is 24.3 Å². The molecule has 10 heteroatoms. The van der Waals surface area contributed by atoms with Gasteiger partial charge in [0.2, 0.25) is 0 Å².